The van der Waals surface area contributed by atoms with E-state index in [1.54, 1.807) is 0 Å². The summed E-state index contributed by atoms with van der Waals surface area (Å²) < 4.78 is 10.8. The highest BCUT2D eigenvalue weighted by Crippen LogP contribution is 2.32. The summed E-state index contributed by atoms with van der Waals surface area (Å²) in [5, 5.41) is 3.69. The van der Waals surface area contributed by atoms with Gasteiger partial charge >= 0.3 is 0 Å². The van der Waals surface area contributed by atoms with Crippen molar-refractivity contribution >= 4 is 5.82 Å². The molecule has 0 spiro atoms. The second kappa shape index (κ2) is 7.50. The molecule has 2 aromatic rings. The number of fused-ring (bicyclic) bond motifs is 1. The molecular formula is C20H26N4O2. The molecule has 1 aromatic heterocycles. The molecule has 0 bridgehead atoms. The molecule has 6 nitrogen and oxygen atoms in total. The van der Waals surface area contributed by atoms with E-state index in [-0.39, 0.29) is 0 Å². The van der Waals surface area contributed by atoms with Crippen LogP contribution in [0.25, 0.3) is 0 Å². The lowest BCUT2D eigenvalue weighted by molar-refractivity contribution is 0.174. The van der Waals surface area contributed by atoms with Crippen LogP contribution in [0.5, 0.6) is 11.5 Å². The smallest absolute Gasteiger partial charge is 0.231 e. The molecule has 6 heteroatoms. The van der Waals surface area contributed by atoms with Gasteiger partial charge in [-0.15, -0.1) is 0 Å². The molecule has 1 aromatic carbocycles. The summed E-state index contributed by atoms with van der Waals surface area (Å²) in [6, 6.07) is 6.70. The van der Waals surface area contributed by atoms with Gasteiger partial charge in [0.2, 0.25) is 6.79 Å². The number of nitrogens with one attached hydrogen (secondary N) is 1. The number of hydrogen-bond donors (Lipinski definition) is 1. The fourth-order valence-corrected chi connectivity index (χ4v) is 3.61. The number of nitrogens with zero attached hydrogens (tertiary/aromatic N) is 3. The van der Waals surface area contributed by atoms with E-state index in [0.29, 0.717) is 12.8 Å². The van der Waals surface area contributed by atoms with Crippen molar-refractivity contribution < 1.29 is 9.47 Å². The minimum atomic E-state index is 0.326. The first-order valence-electron chi connectivity index (χ1n) is 9.42. The van der Waals surface area contributed by atoms with Gasteiger partial charge in [-0.3, -0.25) is 0 Å². The largest absolute Gasteiger partial charge is 0.454 e. The number of anilines is 1. The summed E-state index contributed by atoms with van der Waals surface area (Å²) in [6.45, 7) is 7.37. The van der Waals surface area contributed by atoms with Crippen LogP contribution in [0, 0.1) is 6.92 Å². The highest BCUT2D eigenvalue weighted by molar-refractivity contribution is 5.47. The molecule has 1 N–H and O–H groups in total. The summed E-state index contributed by atoms with van der Waals surface area (Å²) >= 11 is 0. The highest BCUT2D eigenvalue weighted by atomic mass is 16.7. The predicted octanol–water partition coefficient (Wildman–Crippen LogP) is 2.83. The summed E-state index contributed by atoms with van der Waals surface area (Å²) in [5.41, 5.74) is 2.47. The third-order valence-electron chi connectivity index (χ3n) is 5.17. The Kier molecular flexibility index (Phi) is 4.93. The van der Waals surface area contributed by atoms with E-state index in [4.69, 9.17) is 9.47 Å². The Morgan fingerprint density at radius 3 is 2.81 bits per heavy atom. The van der Waals surface area contributed by atoms with Gasteiger partial charge in [0.1, 0.15) is 11.6 Å². The minimum absolute atomic E-state index is 0.326. The second-order valence-electron chi connectivity index (χ2n) is 6.95. The average Bonchev–Trinajstić information content (AvgIpc) is 3.14. The number of aromatic nitrogens is 2. The van der Waals surface area contributed by atoms with Gasteiger partial charge in [0.25, 0.3) is 0 Å². The van der Waals surface area contributed by atoms with Crippen molar-refractivity contribution in [1.82, 2.24) is 15.3 Å². The van der Waals surface area contributed by atoms with E-state index >= 15 is 0 Å². The topological polar surface area (TPSA) is 59.5 Å². The Morgan fingerprint density at radius 2 is 2.00 bits per heavy atom. The maximum atomic E-state index is 5.46. The van der Waals surface area contributed by atoms with E-state index in [1.165, 1.54) is 11.1 Å². The van der Waals surface area contributed by atoms with E-state index in [0.717, 1.165) is 62.0 Å². The standard InChI is InChI=1S/C20H26N4O2/c1-3-16-12-21-14(2)23-20(16)24-8-6-17(7-9-24)22-11-15-4-5-18-19(10-15)26-13-25-18/h4-5,10,12,17,22H,3,6-9,11,13H2,1-2H3. The zero-order valence-electron chi connectivity index (χ0n) is 15.5. The Morgan fingerprint density at radius 1 is 1.19 bits per heavy atom. The van der Waals surface area contributed by atoms with Gasteiger partial charge in [-0.25, -0.2) is 9.97 Å². The van der Waals surface area contributed by atoms with Gasteiger partial charge in [-0.1, -0.05) is 13.0 Å². The molecular weight excluding hydrogens is 328 g/mol. The zero-order valence-corrected chi connectivity index (χ0v) is 15.5. The van der Waals surface area contributed by atoms with Crippen LogP contribution >= 0.6 is 0 Å². The molecule has 4 rings (SSSR count). The zero-order chi connectivity index (χ0) is 17.9. The van der Waals surface area contributed by atoms with Gasteiger partial charge in [0.05, 0.1) is 0 Å². The second-order valence-corrected chi connectivity index (χ2v) is 6.95. The Labute approximate surface area is 154 Å². The molecule has 0 saturated carbocycles. The van der Waals surface area contributed by atoms with Crippen LogP contribution in [0.4, 0.5) is 5.82 Å². The van der Waals surface area contributed by atoms with Crippen molar-refractivity contribution in [3.8, 4) is 11.5 Å². The van der Waals surface area contributed by atoms with Crippen LogP contribution in [-0.4, -0.2) is 35.9 Å². The maximum absolute atomic E-state index is 5.46. The number of hydrogen-bond acceptors (Lipinski definition) is 6. The van der Waals surface area contributed by atoms with Gasteiger partial charge in [-0.05, 0) is 43.9 Å². The summed E-state index contributed by atoms with van der Waals surface area (Å²) in [6.07, 6.45) is 5.19. The fraction of sp³-hybridized carbons (Fsp3) is 0.500. The number of benzene rings is 1. The van der Waals surface area contributed by atoms with Crippen LogP contribution in [0.15, 0.2) is 24.4 Å². The fourth-order valence-electron chi connectivity index (χ4n) is 3.61. The third kappa shape index (κ3) is 3.60. The lowest BCUT2D eigenvalue weighted by atomic mass is 10.0. The van der Waals surface area contributed by atoms with Gasteiger partial charge in [0.15, 0.2) is 11.5 Å². The van der Waals surface area contributed by atoms with Crippen molar-refractivity contribution in [3.63, 3.8) is 0 Å². The Hall–Kier alpha value is -2.34. The Balaban J connectivity index is 1.32. The molecule has 3 heterocycles. The highest BCUT2D eigenvalue weighted by Gasteiger charge is 2.22. The van der Waals surface area contributed by atoms with E-state index in [2.05, 4.69) is 39.2 Å². The van der Waals surface area contributed by atoms with E-state index < -0.39 is 0 Å². The van der Waals surface area contributed by atoms with Crippen molar-refractivity contribution in [3.05, 3.63) is 41.3 Å². The van der Waals surface area contributed by atoms with Crippen LogP contribution in [-0.2, 0) is 13.0 Å². The lowest BCUT2D eigenvalue weighted by Crippen LogP contribution is -2.43. The van der Waals surface area contributed by atoms with Gasteiger partial charge < -0.3 is 19.7 Å². The molecule has 1 fully saturated rings. The summed E-state index contributed by atoms with van der Waals surface area (Å²) in [5.74, 6) is 3.66. The Bertz CT molecular complexity index is 772. The number of piperidine rings is 1. The van der Waals surface area contributed by atoms with Crippen molar-refractivity contribution in [2.24, 2.45) is 0 Å². The van der Waals surface area contributed by atoms with Crippen molar-refractivity contribution in [2.45, 2.75) is 45.7 Å². The molecule has 0 atom stereocenters. The molecule has 0 amide bonds. The first-order valence-corrected chi connectivity index (χ1v) is 9.42. The van der Waals surface area contributed by atoms with Crippen LogP contribution < -0.4 is 19.7 Å². The van der Waals surface area contributed by atoms with Crippen molar-refractivity contribution in [2.75, 3.05) is 24.8 Å². The first kappa shape index (κ1) is 17.1. The SMILES string of the molecule is CCc1cnc(C)nc1N1CCC(NCc2ccc3c(c2)OCO3)CC1. The first-order chi connectivity index (χ1) is 12.7. The maximum Gasteiger partial charge on any atom is 0.231 e. The molecule has 26 heavy (non-hydrogen) atoms. The van der Waals surface area contributed by atoms with E-state index in [9.17, 15) is 0 Å². The summed E-state index contributed by atoms with van der Waals surface area (Å²) in [4.78, 5) is 11.4. The van der Waals surface area contributed by atoms with Crippen LogP contribution in [0.3, 0.4) is 0 Å². The van der Waals surface area contributed by atoms with Gasteiger partial charge in [-0.2, -0.15) is 0 Å². The molecule has 2 aliphatic heterocycles. The number of ether oxygens (including phenoxy) is 2. The normalized spacial score (nSPS) is 16.9. The summed E-state index contributed by atoms with van der Waals surface area (Å²) in [7, 11) is 0. The van der Waals surface area contributed by atoms with E-state index in [1.807, 2.05) is 19.2 Å². The lowest BCUT2D eigenvalue weighted by Gasteiger charge is -2.34. The number of rotatable bonds is 5. The number of aryl methyl sites for hydroxylation is 2. The van der Waals surface area contributed by atoms with Crippen LogP contribution in [0.2, 0.25) is 0 Å². The molecule has 0 unspecified atom stereocenters. The van der Waals surface area contributed by atoms with Crippen LogP contribution in [0.1, 0.15) is 36.7 Å². The average molecular weight is 354 g/mol. The molecule has 0 radical (unpaired) electrons. The quantitative estimate of drug-likeness (QED) is 0.891. The predicted molar refractivity (Wildman–Crippen MR) is 101 cm³/mol. The molecule has 138 valence electrons. The minimum Gasteiger partial charge on any atom is -0.454 e. The van der Waals surface area contributed by atoms with Crippen molar-refractivity contribution in [1.29, 1.82) is 0 Å². The molecule has 2 aliphatic rings. The molecule has 1 saturated heterocycles. The molecule has 0 aliphatic carbocycles. The van der Waals surface area contributed by atoms with Gasteiger partial charge in [0, 0.05) is 37.4 Å². The third-order valence-corrected chi connectivity index (χ3v) is 5.17. The monoisotopic (exact) mass is 354 g/mol.